The van der Waals surface area contributed by atoms with Crippen LogP contribution in [0.15, 0.2) is 437 Å². The third kappa shape index (κ3) is 12.1. The third-order valence-corrected chi connectivity index (χ3v) is 23.8. The lowest BCUT2D eigenvalue weighted by molar-refractivity contribution is 1.33. The predicted octanol–water partition coefficient (Wildman–Crippen LogP) is 31.4. The van der Waals surface area contributed by atoms with Gasteiger partial charge in [0.05, 0.1) is 22.8 Å². The summed E-state index contributed by atoms with van der Waals surface area (Å²) in [5.41, 5.74) is 29.1. The van der Waals surface area contributed by atoms with E-state index in [2.05, 4.69) is 437 Å². The first-order valence-electron chi connectivity index (χ1n) is 40.0. The third-order valence-electron chi connectivity index (χ3n) is 23.8. The fraction of sp³-hybridized carbons (Fsp3) is 0. The van der Waals surface area contributed by atoms with Gasteiger partial charge >= 0.3 is 0 Å². The van der Waals surface area contributed by atoms with E-state index in [9.17, 15) is 0 Å². The molecule has 0 spiro atoms. The van der Waals surface area contributed by atoms with Crippen molar-refractivity contribution in [1.29, 1.82) is 0 Å². The van der Waals surface area contributed by atoms with Gasteiger partial charge in [0.2, 0.25) is 0 Å². The average molecular weight is 1470 g/mol. The molecule has 0 unspecified atom stereocenters. The fourth-order valence-electron chi connectivity index (χ4n) is 18.2. The number of fused-ring (bicyclic) bond motifs is 8. The number of aromatic nitrogens is 2. The van der Waals surface area contributed by atoms with Crippen molar-refractivity contribution in [2.24, 2.45) is 0 Å². The molecule has 0 bridgehead atoms. The molecular weight excluding hydrogens is 1400 g/mol. The van der Waals surface area contributed by atoms with Gasteiger partial charge in [0.1, 0.15) is 0 Å². The first-order chi connectivity index (χ1) is 57.5. The zero-order valence-corrected chi connectivity index (χ0v) is 63.5. The van der Waals surface area contributed by atoms with Gasteiger partial charge in [-0.2, -0.15) is 0 Å². The Morgan fingerprint density at radius 2 is 0.388 bits per heavy atom. The van der Waals surface area contributed by atoms with Crippen LogP contribution in [-0.2, 0) is 0 Å². The van der Waals surface area contributed by atoms with Gasteiger partial charge in [0, 0.05) is 22.3 Å². The topological polar surface area (TPSA) is 25.8 Å². The maximum atomic E-state index is 5.57. The summed E-state index contributed by atoms with van der Waals surface area (Å²) >= 11 is 0. The summed E-state index contributed by atoms with van der Waals surface area (Å²) in [5, 5.41) is 19.2. The second-order valence-electron chi connectivity index (χ2n) is 30.6. The van der Waals surface area contributed by atoms with Gasteiger partial charge in [0.25, 0.3) is 0 Å². The van der Waals surface area contributed by atoms with Crippen LogP contribution in [0.25, 0.3) is 231 Å². The minimum atomic E-state index is 0.911. The SMILES string of the molecule is c1ccc(-c2c3ccccc3c(-c3ccccc3)c3cc(-c4ccc(-c5cc(-c6ccc7ccccc7c6)nc(-c6ccc7c(-c8ccc9c(-c%10ccccc%10)c%10cc(-c%11ccc(-c%12cc(-c%13cccc%14ccccc%13%14)nc(-c%13cccc%14ccccc%13%14)c%12)cc%11)ccc%10c(-c%10ccccc%10)c9c8)cccc7c6)c5)cc4)ccc23)cc1. The predicted molar refractivity (Wildman–Crippen MR) is 493 cm³/mol. The van der Waals surface area contributed by atoms with Crippen LogP contribution in [0.4, 0.5) is 0 Å². The largest absolute Gasteiger partial charge is 0.248 e. The van der Waals surface area contributed by atoms with Crippen molar-refractivity contribution >= 4 is 86.2 Å². The van der Waals surface area contributed by atoms with Crippen LogP contribution in [0.3, 0.4) is 0 Å². The minimum Gasteiger partial charge on any atom is -0.248 e. The molecule has 0 aliphatic carbocycles. The Morgan fingerprint density at radius 3 is 0.845 bits per heavy atom. The Kier molecular flexibility index (Phi) is 16.6. The molecule has 2 aromatic heterocycles. The molecule has 2 heterocycles. The van der Waals surface area contributed by atoms with Crippen molar-refractivity contribution in [2.45, 2.75) is 0 Å². The molecule has 0 radical (unpaired) electrons. The summed E-state index contributed by atoms with van der Waals surface area (Å²) in [7, 11) is 0. The van der Waals surface area contributed by atoms with Crippen LogP contribution >= 0.6 is 0 Å². The van der Waals surface area contributed by atoms with E-state index in [0.717, 1.165) is 94.9 Å². The first kappa shape index (κ1) is 67.7. The zero-order chi connectivity index (χ0) is 76.6. The standard InChI is InChI=1S/C114H72N2/c1-5-27-80(28-6-1)111-99-41-19-20-42-100(99)112(81-29-7-2-8-30-81)104-66-85(56-61-101(104)111)74-46-50-76(51-47-74)91-69-107(89-55-54-73-24-13-14-35-84(73)64-89)115-108(70-91)90-59-60-96-87(65-90)38-23-43-95(96)88-58-63-103-106(68-88)114(83-33-11-4-12-34-83)102-62-57-86(67-105(102)113(103)82-31-9-3-10-32-82)75-48-52-77(53-49-75)92-71-109(97-44-21-36-78-25-15-17-39-93(78)97)116-110(72-92)98-45-22-37-79-26-16-18-40-94(79)98/h1-72H. The maximum Gasteiger partial charge on any atom is 0.0721 e. The second-order valence-corrected chi connectivity index (χ2v) is 30.6. The van der Waals surface area contributed by atoms with Crippen molar-refractivity contribution in [3.63, 3.8) is 0 Å². The van der Waals surface area contributed by atoms with Crippen LogP contribution in [-0.4, -0.2) is 9.97 Å². The molecule has 116 heavy (non-hydrogen) atoms. The summed E-state index contributed by atoms with van der Waals surface area (Å²) in [5.74, 6) is 0. The summed E-state index contributed by atoms with van der Waals surface area (Å²) in [6.07, 6.45) is 0. The molecule has 0 saturated heterocycles. The van der Waals surface area contributed by atoms with Gasteiger partial charge in [-0.25, -0.2) is 9.97 Å². The average Bonchev–Trinajstić information content (AvgIpc) is 0.731. The zero-order valence-electron chi connectivity index (χ0n) is 63.5. The highest BCUT2D eigenvalue weighted by atomic mass is 14.7. The van der Waals surface area contributed by atoms with Crippen molar-refractivity contribution < 1.29 is 0 Å². The fourth-order valence-corrected chi connectivity index (χ4v) is 18.2. The smallest absolute Gasteiger partial charge is 0.0721 e. The highest BCUT2D eigenvalue weighted by Crippen LogP contribution is 2.50. The van der Waals surface area contributed by atoms with Crippen LogP contribution < -0.4 is 0 Å². The molecule has 2 nitrogen and oxygen atoms in total. The van der Waals surface area contributed by atoms with Crippen LogP contribution in [0.5, 0.6) is 0 Å². The van der Waals surface area contributed by atoms with E-state index in [1.807, 2.05) is 0 Å². The van der Waals surface area contributed by atoms with Crippen molar-refractivity contribution in [3.8, 4) is 145 Å². The molecule has 0 saturated carbocycles. The molecule has 0 N–H and O–H groups in total. The van der Waals surface area contributed by atoms with Crippen LogP contribution in [0, 0.1) is 0 Å². The Bertz CT molecular complexity index is 7530. The normalized spacial score (nSPS) is 11.6. The molecule has 22 aromatic rings. The Balaban J connectivity index is 0.636. The van der Waals surface area contributed by atoms with Crippen molar-refractivity contribution in [3.05, 3.63) is 437 Å². The Labute approximate surface area is 673 Å². The molecule has 538 valence electrons. The highest BCUT2D eigenvalue weighted by molar-refractivity contribution is 6.24. The maximum absolute atomic E-state index is 5.57. The summed E-state index contributed by atoms with van der Waals surface area (Å²) in [6, 6.07) is 161. The molecule has 0 aliphatic heterocycles. The van der Waals surface area contributed by atoms with E-state index >= 15 is 0 Å². The van der Waals surface area contributed by atoms with E-state index in [1.165, 1.54) is 136 Å². The summed E-state index contributed by atoms with van der Waals surface area (Å²) in [4.78, 5) is 11.0. The van der Waals surface area contributed by atoms with Gasteiger partial charge in [-0.3, -0.25) is 0 Å². The lowest BCUT2D eigenvalue weighted by atomic mass is 9.83. The number of nitrogens with zero attached hydrogens (tertiary/aromatic N) is 2. The lowest BCUT2D eigenvalue weighted by Crippen LogP contribution is -1.93. The Hall–Kier alpha value is -15.2. The number of rotatable bonds is 13. The molecular formula is C114H72N2. The summed E-state index contributed by atoms with van der Waals surface area (Å²) < 4.78 is 0. The molecule has 0 atom stereocenters. The lowest BCUT2D eigenvalue weighted by Gasteiger charge is -2.20. The van der Waals surface area contributed by atoms with Crippen molar-refractivity contribution in [2.75, 3.05) is 0 Å². The van der Waals surface area contributed by atoms with Gasteiger partial charge in [-0.1, -0.05) is 382 Å². The monoisotopic (exact) mass is 1470 g/mol. The number of hydrogen-bond acceptors (Lipinski definition) is 2. The molecule has 0 amide bonds. The van der Waals surface area contributed by atoms with E-state index in [1.54, 1.807) is 0 Å². The van der Waals surface area contributed by atoms with Crippen LogP contribution in [0.2, 0.25) is 0 Å². The van der Waals surface area contributed by atoms with Gasteiger partial charge < -0.3 is 0 Å². The summed E-state index contributed by atoms with van der Waals surface area (Å²) in [6.45, 7) is 0. The second kappa shape index (κ2) is 28.5. The molecule has 20 aromatic carbocycles. The van der Waals surface area contributed by atoms with Crippen molar-refractivity contribution in [1.82, 2.24) is 9.97 Å². The quantitative estimate of drug-likeness (QED) is 0.108. The van der Waals surface area contributed by atoms with Gasteiger partial charge in [0.15, 0.2) is 0 Å². The first-order valence-corrected chi connectivity index (χ1v) is 40.0. The number of pyridine rings is 2. The molecule has 22 rings (SSSR count). The number of hydrogen-bond donors (Lipinski definition) is 0. The minimum absolute atomic E-state index is 0.911. The molecule has 0 aliphatic rings. The van der Waals surface area contributed by atoms with Gasteiger partial charge in [-0.15, -0.1) is 0 Å². The van der Waals surface area contributed by atoms with E-state index in [-0.39, 0.29) is 0 Å². The van der Waals surface area contributed by atoms with Crippen LogP contribution in [0.1, 0.15) is 0 Å². The van der Waals surface area contributed by atoms with E-state index in [0.29, 0.717) is 0 Å². The highest BCUT2D eigenvalue weighted by Gasteiger charge is 2.23. The molecule has 0 fully saturated rings. The van der Waals surface area contributed by atoms with E-state index in [4.69, 9.17) is 9.97 Å². The van der Waals surface area contributed by atoms with Gasteiger partial charge in [-0.05, 0) is 241 Å². The Morgan fingerprint density at radius 1 is 0.112 bits per heavy atom. The van der Waals surface area contributed by atoms with E-state index < -0.39 is 0 Å². The number of benzene rings is 20. The molecule has 2 heteroatoms.